The molecule has 166 valence electrons. The Labute approximate surface area is 183 Å². The van der Waals surface area contributed by atoms with Crippen LogP contribution >= 0.6 is 12.6 Å². The molecule has 0 unspecified atom stereocenters. The lowest BCUT2D eigenvalue weighted by Crippen LogP contribution is -2.66. The highest BCUT2D eigenvalue weighted by molar-refractivity contribution is 7.80. The molecular formula is C20H21NO9S. The van der Waals surface area contributed by atoms with Gasteiger partial charge in [-0.15, -0.1) is 12.6 Å². The lowest BCUT2D eigenvalue weighted by atomic mass is 9.96. The lowest BCUT2D eigenvalue weighted by Gasteiger charge is -2.46. The van der Waals surface area contributed by atoms with E-state index in [2.05, 4.69) is 12.6 Å². The van der Waals surface area contributed by atoms with Crippen molar-refractivity contribution in [2.75, 3.05) is 6.61 Å². The molecule has 31 heavy (non-hydrogen) atoms. The highest BCUT2D eigenvalue weighted by Gasteiger charge is 2.55. The van der Waals surface area contributed by atoms with Gasteiger partial charge < -0.3 is 18.9 Å². The summed E-state index contributed by atoms with van der Waals surface area (Å²) in [5.74, 6) is -3.31. The molecule has 3 rings (SSSR count). The van der Waals surface area contributed by atoms with E-state index in [0.717, 1.165) is 18.7 Å². The Kier molecular flexibility index (Phi) is 6.65. The van der Waals surface area contributed by atoms with Crippen LogP contribution in [0.25, 0.3) is 0 Å². The van der Waals surface area contributed by atoms with Crippen LogP contribution in [0.15, 0.2) is 24.3 Å². The zero-order chi connectivity index (χ0) is 22.9. The average molecular weight is 451 g/mol. The monoisotopic (exact) mass is 451 g/mol. The summed E-state index contributed by atoms with van der Waals surface area (Å²) in [5.41, 5.74) is -0.764. The summed E-state index contributed by atoms with van der Waals surface area (Å²) in [6, 6.07) is 5.02. The zero-order valence-corrected chi connectivity index (χ0v) is 17.9. The number of hydrogen-bond donors (Lipinski definition) is 1. The first-order valence-corrected chi connectivity index (χ1v) is 9.91. The van der Waals surface area contributed by atoms with Crippen LogP contribution in [0.3, 0.4) is 0 Å². The number of rotatable bonds is 5. The van der Waals surface area contributed by atoms with E-state index in [0.29, 0.717) is 0 Å². The van der Waals surface area contributed by atoms with E-state index in [-0.39, 0.29) is 17.7 Å². The highest BCUT2D eigenvalue weighted by Crippen LogP contribution is 2.36. The Hall–Kier alpha value is -2.92. The third-order valence-corrected chi connectivity index (χ3v) is 5.24. The van der Waals surface area contributed by atoms with Gasteiger partial charge in [0.25, 0.3) is 11.8 Å². The van der Waals surface area contributed by atoms with Crippen LogP contribution in [0.2, 0.25) is 0 Å². The van der Waals surface area contributed by atoms with Gasteiger partial charge in [-0.3, -0.25) is 28.9 Å². The molecule has 0 aliphatic carbocycles. The second-order valence-electron chi connectivity index (χ2n) is 7.03. The summed E-state index contributed by atoms with van der Waals surface area (Å²) in [5, 5.41) is 0. The second-order valence-corrected chi connectivity index (χ2v) is 7.54. The molecule has 0 saturated carbocycles. The predicted octanol–water partition coefficient (Wildman–Crippen LogP) is 0.732. The minimum Gasteiger partial charge on any atom is -0.463 e. The lowest BCUT2D eigenvalue weighted by molar-refractivity contribution is -0.216. The molecule has 10 nitrogen and oxygen atoms in total. The molecule has 1 saturated heterocycles. The first-order valence-electron chi connectivity index (χ1n) is 9.40. The summed E-state index contributed by atoms with van der Waals surface area (Å²) in [7, 11) is 0. The Morgan fingerprint density at radius 3 is 1.94 bits per heavy atom. The van der Waals surface area contributed by atoms with Gasteiger partial charge in [-0.1, -0.05) is 12.1 Å². The number of ether oxygens (including phenoxy) is 4. The summed E-state index contributed by atoms with van der Waals surface area (Å²) in [6.45, 7) is 3.13. The summed E-state index contributed by atoms with van der Waals surface area (Å²) < 4.78 is 21.4. The van der Waals surface area contributed by atoms with E-state index in [1.807, 2.05) is 0 Å². The quantitative estimate of drug-likeness (QED) is 0.298. The van der Waals surface area contributed by atoms with Gasteiger partial charge in [-0.2, -0.15) is 0 Å². The van der Waals surface area contributed by atoms with Crippen molar-refractivity contribution in [1.82, 2.24) is 4.90 Å². The van der Waals surface area contributed by atoms with Crippen LogP contribution in [-0.4, -0.2) is 71.0 Å². The maximum absolute atomic E-state index is 13.0. The standard InChI is InChI=1S/C20H21NO9S/c1-9(22)27-8-14-16(28-10(2)23)17(29-11(3)24)15(20(31)30-14)21-18(25)12-6-4-5-7-13(12)19(21)26/h4-7,14-17,20,31H,8H2,1-3H3/t14-,15-,16+,17-,20+/m1/s1. The van der Waals surface area contributed by atoms with Crippen LogP contribution in [0.1, 0.15) is 41.5 Å². The van der Waals surface area contributed by atoms with Gasteiger partial charge in [-0.05, 0) is 12.1 Å². The molecule has 0 bridgehead atoms. The van der Waals surface area contributed by atoms with Crippen molar-refractivity contribution in [3.8, 4) is 0 Å². The van der Waals surface area contributed by atoms with Crippen molar-refractivity contribution in [3.63, 3.8) is 0 Å². The van der Waals surface area contributed by atoms with Crippen molar-refractivity contribution in [2.24, 2.45) is 0 Å². The Bertz CT molecular complexity index is 898. The molecule has 0 aromatic heterocycles. The van der Waals surface area contributed by atoms with Crippen LogP contribution in [-0.2, 0) is 33.3 Å². The molecule has 1 aromatic carbocycles. The van der Waals surface area contributed by atoms with Crippen LogP contribution in [0, 0.1) is 0 Å². The average Bonchev–Trinajstić information content (AvgIpc) is 2.93. The van der Waals surface area contributed by atoms with Gasteiger partial charge >= 0.3 is 17.9 Å². The van der Waals surface area contributed by atoms with E-state index in [4.69, 9.17) is 18.9 Å². The largest absolute Gasteiger partial charge is 0.463 e. The van der Waals surface area contributed by atoms with Crippen molar-refractivity contribution < 1.29 is 42.9 Å². The van der Waals surface area contributed by atoms with Crippen molar-refractivity contribution in [1.29, 1.82) is 0 Å². The molecule has 0 radical (unpaired) electrons. The molecule has 2 heterocycles. The van der Waals surface area contributed by atoms with E-state index in [1.165, 1.54) is 19.1 Å². The van der Waals surface area contributed by atoms with E-state index < -0.39 is 59.5 Å². The maximum Gasteiger partial charge on any atom is 0.303 e. The number of thiol groups is 1. The molecule has 2 amide bonds. The predicted molar refractivity (Wildman–Crippen MR) is 106 cm³/mol. The van der Waals surface area contributed by atoms with Crippen molar-refractivity contribution in [3.05, 3.63) is 35.4 Å². The number of carbonyl (C=O) groups is 5. The summed E-state index contributed by atoms with van der Waals surface area (Å²) >= 11 is 4.37. The van der Waals surface area contributed by atoms with Crippen molar-refractivity contribution >= 4 is 42.4 Å². The fraction of sp³-hybridized carbons (Fsp3) is 0.450. The Balaban J connectivity index is 2.01. The first-order chi connectivity index (χ1) is 14.6. The third kappa shape index (κ3) is 4.57. The molecule has 0 N–H and O–H groups in total. The van der Waals surface area contributed by atoms with Gasteiger partial charge in [0.2, 0.25) is 0 Å². The fourth-order valence-corrected chi connectivity index (χ4v) is 4.11. The van der Waals surface area contributed by atoms with E-state index in [1.54, 1.807) is 12.1 Å². The number of amides is 2. The van der Waals surface area contributed by atoms with Gasteiger partial charge in [0.05, 0.1) is 11.1 Å². The number of nitrogens with zero attached hydrogens (tertiary/aromatic N) is 1. The molecule has 2 aliphatic heterocycles. The summed E-state index contributed by atoms with van der Waals surface area (Å²) in [6.07, 6.45) is -3.62. The Morgan fingerprint density at radius 1 is 0.935 bits per heavy atom. The highest BCUT2D eigenvalue weighted by atomic mass is 32.1. The van der Waals surface area contributed by atoms with Gasteiger partial charge in [0.1, 0.15) is 24.2 Å². The SMILES string of the molecule is CC(=O)OC[C@H]1O[C@@H](S)[C@H](N2C(=O)c3ccccc3C2=O)[C@@H](OC(C)=O)[C@H]1OC(C)=O. The number of hydrogen-bond acceptors (Lipinski definition) is 10. The number of fused-ring (bicyclic) bond motifs is 1. The van der Waals surface area contributed by atoms with Gasteiger partial charge in [-0.25, -0.2) is 0 Å². The minimum atomic E-state index is -1.31. The molecule has 0 spiro atoms. The smallest absolute Gasteiger partial charge is 0.303 e. The van der Waals surface area contributed by atoms with Gasteiger partial charge in [0.15, 0.2) is 12.2 Å². The number of imide groups is 1. The van der Waals surface area contributed by atoms with Crippen LogP contribution in [0.5, 0.6) is 0 Å². The molecule has 11 heteroatoms. The first kappa shape index (κ1) is 22.8. The molecule has 2 aliphatic rings. The molecule has 1 fully saturated rings. The van der Waals surface area contributed by atoms with E-state index >= 15 is 0 Å². The zero-order valence-electron chi connectivity index (χ0n) is 17.0. The van der Waals surface area contributed by atoms with E-state index in [9.17, 15) is 24.0 Å². The fourth-order valence-electron chi connectivity index (χ4n) is 3.65. The third-order valence-electron chi connectivity index (χ3n) is 4.81. The molecule has 5 atom stereocenters. The molecular weight excluding hydrogens is 430 g/mol. The minimum absolute atomic E-state index is 0.181. The molecule has 1 aromatic rings. The normalized spacial score (nSPS) is 27.5. The number of esters is 3. The number of carbonyl (C=O) groups excluding carboxylic acids is 5. The second kappa shape index (κ2) is 9.06. The Morgan fingerprint density at radius 2 is 1.45 bits per heavy atom. The topological polar surface area (TPSA) is 126 Å². The van der Waals surface area contributed by atoms with Crippen molar-refractivity contribution in [2.45, 2.75) is 50.6 Å². The number of benzene rings is 1. The van der Waals surface area contributed by atoms with Crippen LogP contribution in [0.4, 0.5) is 0 Å². The van der Waals surface area contributed by atoms with Crippen LogP contribution < -0.4 is 0 Å². The summed E-state index contributed by atoms with van der Waals surface area (Å²) in [4.78, 5) is 61.8. The maximum atomic E-state index is 13.0. The van der Waals surface area contributed by atoms with Gasteiger partial charge in [0, 0.05) is 20.8 Å².